The maximum Gasteiger partial charge on any atom is 0.374 e. The summed E-state index contributed by atoms with van der Waals surface area (Å²) in [5, 5.41) is 8.79. The summed E-state index contributed by atoms with van der Waals surface area (Å²) in [6.45, 7) is 11.3. The van der Waals surface area contributed by atoms with Crippen molar-refractivity contribution in [2.75, 3.05) is 33.2 Å². The summed E-state index contributed by atoms with van der Waals surface area (Å²) in [5.41, 5.74) is 4.84. The number of carbonyl (C=O) groups is 5. The SMILES string of the molecule is CC(C)[C@@H]1C[C@@H](C(=O)NC(CC2CC2)C(=O)C(N)=O)N(C(=O)[C@@H](NC(=O)N[C@H](CN2CCCN(C)[S+]2(=O)O)C(C)(C)C)C2CCCCC2)C1. The maximum atomic E-state index is 14.6. The molecule has 0 aromatic heterocycles. The smallest absolute Gasteiger partial charge is 0.363 e. The van der Waals surface area contributed by atoms with Crippen LogP contribution in [-0.2, 0) is 34.0 Å². The lowest BCUT2D eigenvalue weighted by Crippen LogP contribution is -2.62. The predicted octanol–water partition coefficient (Wildman–Crippen LogP) is 2.30. The van der Waals surface area contributed by atoms with Crippen molar-refractivity contribution < 1.29 is 32.7 Å². The van der Waals surface area contributed by atoms with Crippen molar-refractivity contribution in [3.63, 3.8) is 0 Å². The van der Waals surface area contributed by atoms with E-state index in [1.807, 2.05) is 34.6 Å². The van der Waals surface area contributed by atoms with Crippen molar-refractivity contribution in [1.82, 2.24) is 29.5 Å². The van der Waals surface area contributed by atoms with E-state index in [0.29, 0.717) is 32.5 Å². The second kappa shape index (κ2) is 16.2. The molecule has 278 valence electrons. The van der Waals surface area contributed by atoms with Crippen molar-refractivity contribution in [1.29, 1.82) is 0 Å². The van der Waals surface area contributed by atoms with E-state index in [-0.39, 0.29) is 36.1 Å². The molecule has 0 aromatic rings. The Morgan fingerprint density at radius 2 is 1.57 bits per heavy atom. The molecule has 0 radical (unpaired) electrons. The number of ketones is 1. The highest BCUT2D eigenvalue weighted by Crippen LogP contribution is 2.35. The van der Waals surface area contributed by atoms with Gasteiger partial charge in [-0.05, 0) is 65.4 Å². The van der Waals surface area contributed by atoms with E-state index in [0.717, 1.165) is 51.4 Å². The summed E-state index contributed by atoms with van der Waals surface area (Å²) in [6.07, 6.45) is 7.68. The fraction of sp³-hybridized carbons (Fsp3) is 0.853. The number of rotatable bonds is 13. The minimum Gasteiger partial charge on any atom is -0.363 e. The standard InChI is InChI=1S/C34H59N7O7S/c1-21(2)24-18-26(31(44)36-25(17-22-13-14-22)29(42)30(35)43)41(19-24)32(45)28(23-11-8-7-9-12-23)38-33(46)37-27(34(3,4)5)20-40-16-10-15-39(6)49(40,47)48/h21-28H,7-20H2,1-6H3,(H5-,35,36,37,38,43,44,46,47,48)/p+1/t24-,25?,26+,27-,28+/m1/s1. The molecule has 4 aliphatic rings. The summed E-state index contributed by atoms with van der Waals surface area (Å²) in [5.74, 6) is -2.45. The quantitative estimate of drug-likeness (QED) is 0.143. The minimum absolute atomic E-state index is 0.0236. The summed E-state index contributed by atoms with van der Waals surface area (Å²) in [6, 6.07) is -3.85. The van der Waals surface area contributed by atoms with Gasteiger partial charge in [-0.2, -0.15) is 4.55 Å². The third-order valence-electron chi connectivity index (χ3n) is 11.0. The number of carbonyl (C=O) groups excluding carboxylic acids is 5. The number of likely N-dealkylation sites (tertiary alicyclic amines) is 1. The fourth-order valence-electron chi connectivity index (χ4n) is 7.40. The molecule has 0 spiro atoms. The Bertz CT molecular complexity index is 1280. The third-order valence-corrected chi connectivity index (χ3v) is 13.0. The number of primary amides is 1. The minimum atomic E-state index is -3.41. The topological polar surface area (TPSA) is 194 Å². The molecule has 4 rings (SSSR count). The molecule has 15 heteroatoms. The zero-order valence-electron chi connectivity index (χ0n) is 30.2. The molecule has 49 heavy (non-hydrogen) atoms. The molecule has 2 saturated carbocycles. The molecular formula is C34H60N7O7S+. The van der Waals surface area contributed by atoms with Gasteiger partial charge in [0.2, 0.25) is 17.6 Å². The lowest BCUT2D eigenvalue weighted by Gasteiger charge is -2.38. The molecule has 0 aromatic carbocycles. The van der Waals surface area contributed by atoms with E-state index in [1.54, 1.807) is 11.9 Å². The molecule has 2 aliphatic carbocycles. The van der Waals surface area contributed by atoms with Crippen molar-refractivity contribution in [2.24, 2.45) is 34.8 Å². The first-order chi connectivity index (χ1) is 22.9. The highest BCUT2D eigenvalue weighted by atomic mass is 32.3. The lowest BCUT2D eigenvalue weighted by atomic mass is 9.83. The van der Waals surface area contributed by atoms with E-state index in [9.17, 15) is 32.7 Å². The van der Waals surface area contributed by atoms with Gasteiger partial charge in [-0.3, -0.25) is 19.2 Å². The first kappa shape index (κ1) is 39.2. The van der Waals surface area contributed by atoms with Gasteiger partial charge in [0.05, 0.1) is 25.2 Å². The lowest BCUT2D eigenvalue weighted by molar-refractivity contribution is -0.143. The van der Waals surface area contributed by atoms with E-state index in [4.69, 9.17) is 5.73 Å². The number of hydrogen-bond donors (Lipinski definition) is 5. The van der Waals surface area contributed by atoms with Crippen LogP contribution in [-0.4, -0.2) is 105 Å². The molecule has 2 saturated heterocycles. The van der Waals surface area contributed by atoms with Crippen LogP contribution in [0.1, 0.15) is 98.8 Å². The van der Waals surface area contributed by atoms with Crippen LogP contribution in [0.3, 0.4) is 0 Å². The fourth-order valence-corrected chi connectivity index (χ4v) is 8.87. The molecule has 2 aliphatic heterocycles. The maximum absolute atomic E-state index is 14.6. The average Bonchev–Trinajstić information content (AvgIpc) is 3.73. The first-order valence-electron chi connectivity index (χ1n) is 18.1. The summed E-state index contributed by atoms with van der Waals surface area (Å²) in [7, 11) is -1.80. The number of Topliss-reactive ketones (excluding diaryl/α,β-unsaturated/α-hetero) is 1. The molecule has 2 unspecified atom stereocenters. The van der Waals surface area contributed by atoms with Crippen LogP contribution >= 0.6 is 0 Å². The van der Waals surface area contributed by atoms with Gasteiger partial charge in [0.15, 0.2) is 0 Å². The monoisotopic (exact) mass is 710 g/mol. The van der Waals surface area contributed by atoms with Crippen LogP contribution < -0.4 is 21.7 Å². The average molecular weight is 711 g/mol. The van der Waals surface area contributed by atoms with Crippen LogP contribution in [0.2, 0.25) is 0 Å². The van der Waals surface area contributed by atoms with Crippen LogP contribution in [0.5, 0.6) is 0 Å². The molecule has 6 atom stereocenters. The molecule has 4 fully saturated rings. The Kier molecular flexibility index (Phi) is 12.9. The van der Waals surface area contributed by atoms with Gasteiger partial charge in [-0.1, -0.05) is 75.3 Å². The van der Waals surface area contributed by atoms with E-state index < -0.39 is 63.8 Å². The summed E-state index contributed by atoms with van der Waals surface area (Å²) < 4.78 is 26.9. The normalized spacial score (nSPS) is 27.7. The van der Waals surface area contributed by atoms with E-state index >= 15 is 0 Å². The third kappa shape index (κ3) is 10.0. The Hall–Kier alpha value is -2.62. The van der Waals surface area contributed by atoms with Crippen LogP contribution in [0, 0.1) is 29.1 Å². The van der Waals surface area contributed by atoms with Gasteiger partial charge < -0.3 is 26.6 Å². The van der Waals surface area contributed by atoms with Gasteiger partial charge in [0.1, 0.15) is 12.1 Å². The number of nitrogens with one attached hydrogen (secondary N) is 3. The van der Waals surface area contributed by atoms with Gasteiger partial charge >= 0.3 is 16.6 Å². The largest absolute Gasteiger partial charge is 0.374 e. The molecular weight excluding hydrogens is 650 g/mol. The first-order valence-corrected chi connectivity index (χ1v) is 19.6. The molecule has 6 N–H and O–H groups in total. The second-order valence-corrected chi connectivity index (χ2v) is 18.3. The van der Waals surface area contributed by atoms with Crippen molar-refractivity contribution in [2.45, 2.75) is 123 Å². The number of nitrogens with zero attached hydrogens (tertiary/aromatic N) is 3. The summed E-state index contributed by atoms with van der Waals surface area (Å²) in [4.78, 5) is 68.3. The summed E-state index contributed by atoms with van der Waals surface area (Å²) >= 11 is 0. The number of urea groups is 1. The molecule has 0 bridgehead atoms. The molecule has 14 nitrogen and oxygen atoms in total. The van der Waals surface area contributed by atoms with E-state index in [2.05, 4.69) is 16.0 Å². The van der Waals surface area contributed by atoms with Crippen LogP contribution in [0.25, 0.3) is 0 Å². The predicted molar refractivity (Wildman–Crippen MR) is 187 cm³/mol. The number of hydrogen-bond acceptors (Lipinski definition) is 6. The zero-order chi connectivity index (χ0) is 36.3. The zero-order valence-corrected chi connectivity index (χ0v) is 31.1. The van der Waals surface area contributed by atoms with Crippen LogP contribution in [0.4, 0.5) is 4.79 Å². The highest BCUT2D eigenvalue weighted by Gasteiger charge is 2.48. The Morgan fingerprint density at radius 1 is 0.918 bits per heavy atom. The van der Waals surface area contributed by atoms with Crippen molar-refractivity contribution in [3.8, 4) is 0 Å². The van der Waals surface area contributed by atoms with Gasteiger partial charge in [0.25, 0.3) is 5.91 Å². The Labute approximate surface area is 292 Å². The Balaban J connectivity index is 1.55. The number of nitrogens with two attached hydrogens (primary N) is 1. The second-order valence-electron chi connectivity index (χ2n) is 16.2. The highest BCUT2D eigenvalue weighted by molar-refractivity contribution is 7.93. The molecule has 5 amide bonds. The van der Waals surface area contributed by atoms with E-state index in [1.165, 1.54) is 8.61 Å². The Morgan fingerprint density at radius 3 is 2.14 bits per heavy atom. The number of amides is 5. The molecule has 2 heterocycles. The van der Waals surface area contributed by atoms with Crippen molar-refractivity contribution >= 4 is 40.1 Å². The van der Waals surface area contributed by atoms with Crippen LogP contribution in [0.15, 0.2) is 0 Å². The van der Waals surface area contributed by atoms with Gasteiger partial charge in [-0.15, -0.1) is 0 Å². The van der Waals surface area contributed by atoms with Gasteiger partial charge in [0, 0.05) is 20.1 Å². The van der Waals surface area contributed by atoms with Gasteiger partial charge in [-0.25, -0.2) is 4.79 Å². The van der Waals surface area contributed by atoms with Crippen molar-refractivity contribution in [3.05, 3.63) is 0 Å².